The summed E-state index contributed by atoms with van der Waals surface area (Å²) < 4.78 is 5.48. The zero-order valence-corrected chi connectivity index (χ0v) is 17.5. The van der Waals surface area contributed by atoms with E-state index in [9.17, 15) is 4.79 Å². The van der Waals surface area contributed by atoms with Crippen molar-refractivity contribution in [1.82, 2.24) is 10.2 Å². The van der Waals surface area contributed by atoms with E-state index < -0.39 is 0 Å². The van der Waals surface area contributed by atoms with Crippen molar-refractivity contribution in [3.63, 3.8) is 0 Å². The molecule has 2 heterocycles. The van der Waals surface area contributed by atoms with Gasteiger partial charge in [-0.3, -0.25) is 4.79 Å². The van der Waals surface area contributed by atoms with Crippen LogP contribution in [0.25, 0.3) is 0 Å². The molecule has 5 nitrogen and oxygen atoms in total. The SMILES string of the molecule is CNC(=O)COc1cccc2c1NCCC2.c1ccc(CCN2CCCC2)cc1. The Morgan fingerprint density at radius 2 is 1.86 bits per heavy atom. The van der Waals surface area contributed by atoms with Gasteiger partial charge in [-0.2, -0.15) is 0 Å². The highest BCUT2D eigenvalue weighted by atomic mass is 16.5. The average Bonchev–Trinajstić information content (AvgIpc) is 3.31. The Hall–Kier alpha value is -2.53. The molecule has 4 rings (SSSR count). The molecule has 1 fully saturated rings. The molecular formula is C24H33N3O2. The number of carbonyl (C=O) groups excluding carboxylic acids is 1. The topological polar surface area (TPSA) is 53.6 Å². The quantitative estimate of drug-likeness (QED) is 0.786. The number of amides is 1. The third-order valence-corrected chi connectivity index (χ3v) is 5.43. The number of likely N-dealkylation sites (tertiary alicyclic amines) is 1. The van der Waals surface area contributed by atoms with Crippen LogP contribution in [0.3, 0.4) is 0 Å². The Kier molecular flexibility index (Phi) is 8.38. The van der Waals surface area contributed by atoms with Gasteiger partial charge in [0.2, 0.25) is 0 Å². The molecule has 0 unspecified atom stereocenters. The van der Waals surface area contributed by atoms with Gasteiger partial charge in [-0.1, -0.05) is 42.5 Å². The van der Waals surface area contributed by atoms with Gasteiger partial charge >= 0.3 is 0 Å². The van der Waals surface area contributed by atoms with Gasteiger partial charge in [0.05, 0.1) is 5.69 Å². The van der Waals surface area contributed by atoms with Crippen molar-refractivity contribution in [3.8, 4) is 5.75 Å². The molecule has 2 aromatic rings. The van der Waals surface area contributed by atoms with Crippen molar-refractivity contribution in [2.24, 2.45) is 0 Å². The van der Waals surface area contributed by atoms with E-state index in [2.05, 4.69) is 51.9 Å². The van der Waals surface area contributed by atoms with E-state index in [-0.39, 0.29) is 12.5 Å². The summed E-state index contributed by atoms with van der Waals surface area (Å²) in [7, 11) is 1.60. The van der Waals surface area contributed by atoms with Crippen molar-refractivity contribution < 1.29 is 9.53 Å². The molecule has 2 aliphatic rings. The number of aryl methyl sites for hydroxylation is 1. The fraction of sp³-hybridized carbons (Fsp3) is 0.458. The molecule has 5 heteroatoms. The van der Waals surface area contributed by atoms with E-state index in [1.54, 1.807) is 7.05 Å². The van der Waals surface area contributed by atoms with Gasteiger partial charge < -0.3 is 20.3 Å². The number of fused-ring (bicyclic) bond motifs is 1. The van der Waals surface area contributed by atoms with Crippen molar-refractivity contribution in [2.45, 2.75) is 32.1 Å². The molecule has 0 spiro atoms. The van der Waals surface area contributed by atoms with Gasteiger partial charge in [0.1, 0.15) is 5.75 Å². The fourth-order valence-corrected chi connectivity index (χ4v) is 3.75. The van der Waals surface area contributed by atoms with Gasteiger partial charge in [0, 0.05) is 20.1 Å². The summed E-state index contributed by atoms with van der Waals surface area (Å²) in [5, 5.41) is 5.85. The highest BCUT2D eigenvalue weighted by Gasteiger charge is 2.13. The summed E-state index contributed by atoms with van der Waals surface area (Å²) in [5.41, 5.74) is 3.77. The third kappa shape index (κ3) is 6.79. The smallest absolute Gasteiger partial charge is 0.257 e. The third-order valence-electron chi connectivity index (χ3n) is 5.43. The molecule has 1 saturated heterocycles. The fourth-order valence-electron chi connectivity index (χ4n) is 3.75. The maximum absolute atomic E-state index is 11.1. The average molecular weight is 396 g/mol. The lowest BCUT2D eigenvalue weighted by Crippen LogP contribution is -2.25. The first-order valence-electron chi connectivity index (χ1n) is 10.7. The Morgan fingerprint density at radius 1 is 1.07 bits per heavy atom. The summed E-state index contributed by atoms with van der Waals surface area (Å²) in [6.45, 7) is 4.89. The molecular weight excluding hydrogens is 362 g/mol. The number of carbonyl (C=O) groups is 1. The second kappa shape index (κ2) is 11.5. The maximum atomic E-state index is 11.1. The van der Waals surface area contributed by atoms with Gasteiger partial charge in [0.15, 0.2) is 6.61 Å². The molecule has 0 bridgehead atoms. The van der Waals surface area contributed by atoms with Crippen LogP contribution in [0.5, 0.6) is 5.75 Å². The molecule has 1 amide bonds. The number of para-hydroxylation sites is 1. The van der Waals surface area contributed by atoms with Crippen molar-refractivity contribution in [1.29, 1.82) is 0 Å². The molecule has 2 aromatic carbocycles. The van der Waals surface area contributed by atoms with Crippen LogP contribution in [-0.2, 0) is 17.6 Å². The minimum atomic E-state index is -0.117. The van der Waals surface area contributed by atoms with Crippen LogP contribution in [0, 0.1) is 0 Å². The Balaban J connectivity index is 0.000000169. The molecule has 0 radical (unpaired) electrons. The van der Waals surface area contributed by atoms with Gasteiger partial charge in [-0.15, -0.1) is 0 Å². The van der Waals surface area contributed by atoms with E-state index in [0.717, 1.165) is 30.8 Å². The van der Waals surface area contributed by atoms with Gasteiger partial charge in [0.25, 0.3) is 5.91 Å². The largest absolute Gasteiger partial charge is 0.482 e. The Morgan fingerprint density at radius 3 is 2.62 bits per heavy atom. The van der Waals surface area contributed by atoms with E-state index in [4.69, 9.17) is 4.74 Å². The lowest BCUT2D eigenvalue weighted by molar-refractivity contribution is -0.122. The first-order valence-corrected chi connectivity index (χ1v) is 10.7. The van der Waals surface area contributed by atoms with E-state index >= 15 is 0 Å². The molecule has 0 atom stereocenters. The van der Waals surface area contributed by atoms with Crippen LogP contribution >= 0.6 is 0 Å². The summed E-state index contributed by atoms with van der Waals surface area (Å²) >= 11 is 0. The summed E-state index contributed by atoms with van der Waals surface area (Å²) in [5.74, 6) is 0.647. The Labute approximate surface area is 174 Å². The monoisotopic (exact) mass is 395 g/mol. The minimum Gasteiger partial charge on any atom is -0.482 e. The lowest BCUT2D eigenvalue weighted by atomic mass is 10.0. The van der Waals surface area contributed by atoms with Crippen molar-refractivity contribution in [3.05, 3.63) is 59.7 Å². The number of likely N-dealkylation sites (N-methyl/N-ethyl adjacent to an activating group) is 1. The number of nitrogens with one attached hydrogen (secondary N) is 2. The molecule has 0 saturated carbocycles. The predicted molar refractivity (Wildman–Crippen MR) is 119 cm³/mol. The highest BCUT2D eigenvalue weighted by molar-refractivity contribution is 5.77. The van der Waals surface area contributed by atoms with Crippen LogP contribution < -0.4 is 15.4 Å². The second-order valence-electron chi connectivity index (χ2n) is 7.57. The van der Waals surface area contributed by atoms with E-state index in [1.807, 2.05) is 12.1 Å². The molecule has 0 aliphatic carbocycles. The maximum Gasteiger partial charge on any atom is 0.257 e. The Bertz CT molecular complexity index is 758. The molecule has 156 valence electrons. The normalized spacial score (nSPS) is 15.5. The second-order valence-corrected chi connectivity index (χ2v) is 7.57. The number of benzene rings is 2. The van der Waals surface area contributed by atoms with Gasteiger partial charge in [-0.25, -0.2) is 0 Å². The van der Waals surface area contributed by atoms with Crippen molar-refractivity contribution in [2.75, 3.05) is 45.2 Å². The molecule has 0 aromatic heterocycles. The number of rotatable bonds is 6. The van der Waals surface area contributed by atoms with Crippen LogP contribution in [0.2, 0.25) is 0 Å². The summed E-state index contributed by atoms with van der Waals surface area (Å²) in [6.07, 6.45) is 6.22. The van der Waals surface area contributed by atoms with Gasteiger partial charge in [-0.05, 0) is 62.4 Å². The molecule has 2 aliphatic heterocycles. The zero-order valence-electron chi connectivity index (χ0n) is 17.5. The first kappa shape index (κ1) is 21.2. The number of hydrogen-bond donors (Lipinski definition) is 2. The van der Waals surface area contributed by atoms with Crippen LogP contribution in [0.1, 0.15) is 30.4 Å². The summed E-state index contributed by atoms with van der Waals surface area (Å²) in [4.78, 5) is 13.7. The van der Waals surface area contributed by atoms with E-state index in [0.29, 0.717) is 0 Å². The first-order chi connectivity index (χ1) is 14.3. The minimum absolute atomic E-state index is 0.0641. The van der Waals surface area contributed by atoms with Crippen LogP contribution in [0.4, 0.5) is 5.69 Å². The van der Waals surface area contributed by atoms with Crippen LogP contribution in [0.15, 0.2) is 48.5 Å². The number of ether oxygens (including phenoxy) is 1. The van der Waals surface area contributed by atoms with Crippen LogP contribution in [-0.4, -0.2) is 50.6 Å². The molecule has 29 heavy (non-hydrogen) atoms. The van der Waals surface area contributed by atoms with Crippen molar-refractivity contribution >= 4 is 11.6 Å². The summed E-state index contributed by atoms with van der Waals surface area (Å²) in [6, 6.07) is 16.7. The number of nitrogens with zero attached hydrogens (tertiary/aromatic N) is 1. The molecule has 2 N–H and O–H groups in total. The standard InChI is InChI=1S/C12H16N2O2.C12H17N/c1-13-11(15)8-16-10-6-2-4-9-5-3-7-14-12(9)10;1-2-6-12(7-3-1)8-11-13-9-4-5-10-13/h2,4,6,14H,3,5,7-8H2,1H3,(H,13,15);1-3,6-7H,4-5,8-11H2. The number of anilines is 1. The zero-order chi connectivity index (χ0) is 20.3. The highest BCUT2D eigenvalue weighted by Crippen LogP contribution is 2.31. The predicted octanol–water partition coefficient (Wildman–Crippen LogP) is 3.49. The lowest BCUT2D eigenvalue weighted by Gasteiger charge is -2.20. The number of hydrogen-bond acceptors (Lipinski definition) is 4. The van der Waals surface area contributed by atoms with E-state index in [1.165, 1.54) is 50.0 Å².